The van der Waals surface area contributed by atoms with Gasteiger partial charge in [-0.05, 0) is 6.72 Å². The van der Waals surface area contributed by atoms with E-state index in [1.807, 2.05) is 13.8 Å². The Hall–Kier alpha value is -0.860. The number of hydrogen-bond acceptors (Lipinski definition) is 2. The molecule has 0 aromatic heterocycles. The Morgan fingerprint density at radius 2 is 2.00 bits per heavy atom. The van der Waals surface area contributed by atoms with E-state index in [-0.39, 0.29) is 0 Å². The first kappa shape index (κ1) is 10.2. The van der Waals surface area contributed by atoms with Gasteiger partial charge in [0.05, 0.1) is 0 Å². The van der Waals surface area contributed by atoms with Crippen molar-refractivity contribution < 1.29 is 4.84 Å². The van der Waals surface area contributed by atoms with Gasteiger partial charge >= 0.3 is 0 Å². The highest BCUT2D eigenvalue weighted by atomic mass is 16.6. The van der Waals surface area contributed by atoms with E-state index in [4.69, 9.17) is 0 Å². The van der Waals surface area contributed by atoms with Crippen LogP contribution in [0.25, 0.3) is 0 Å². The van der Waals surface area contributed by atoms with Crippen molar-refractivity contribution in [2.75, 3.05) is 7.11 Å². The Labute approximate surface area is 50.1 Å². The molecule has 8 heavy (non-hydrogen) atoms. The van der Waals surface area contributed by atoms with Crippen LogP contribution < -0.4 is 0 Å². The van der Waals surface area contributed by atoms with Crippen LogP contribution in [0.4, 0.5) is 0 Å². The summed E-state index contributed by atoms with van der Waals surface area (Å²) in [4.78, 5) is 7.48. The largest absolute Gasteiger partial charge is 0.398 e. The van der Waals surface area contributed by atoms with Crippen LogP contribution in [0.1, 0.15) is 13.8 Å². The fourth-order valence-electron chi connectivity index (χ4n) is 0.0805. The van der Waals surface area contributed by atoms with Gasteiger partial charge in [0.15, 0.2) is 6.34 Å². The van der Waals surface area contributed by atoms with Gasteiger partial charge in [0, 0.05) is 0 Å². The third kappa shape index (κ3) is 19.2. The quantitative estimate of drug-likeness (QED) is 0.304. The minimum Gasteiger partial charge on any atom is -0.398 e. The first-order valence-corrected chi connectivity index (χ1v) is 2.42. The van der Waals surface area contributed by atoms with Gasteiger partial charge in [-0.2, -0.15) is 0 Å². The predicted molar refractivity (Wildman–Crippen MR) is 36.4 cm³/mol. The summed E-state index contributed by atoms with van der Waals surface area (Å²) in [6, 6.07) is 0. The second kappa shape index (κ2) is 16.5. The van der Waals surface area contributed by atoms with Gasteiger partial charge in [-0.3, -0.25) is 0 Å². The standard InChI is InChI=1S/C3H6N2O.C2H6/c1-4-3-5-6-2;1-2/h3H,1H2,2H3;1-2H3/b5-3-;. The second-order valence-corrected chi connectivity index (χ2v) is 0.586. The van der Waals surface area contributed by atoms with Crippen molar-refractivity contribution in [3.63, 3.8) is 0 Å². The van der Waals surface area contributed by atoms with Crippen LogP contribution in [0.2, 0.25) is 0 Å². The van der Waals surface area contributed by atoms with Crippen molar-refractivity contribution in [3.05, 3.63) is 0 Å². The van der Waals surface area contributed by atoms with Gasteiger partial charge in [0.1, 0.15) is 7.11 Å². The molecule has 0 N–H and O–H groups in total. The van der Waals surface area contributed by atoms with E-state index in [2.05, 4.69) is 21.7 Å². The summed E-state index contributed by atoms with van der Waals surface area (Å²) in [7, 11) is 1.45. The van der Waals surface area contributed by atoms with Crippen molar-refractivity contribution in [2.45, 2.75) is 13.8 Å². The molecule has 0 aliphatic heterocycles. The number of rotatable bonds is 2. The summed E-state index contributed by atoms with van der Waals surface area (Å²) >= 11 is 0. The molecule has 0 atom stereocenters. The molecule has 0 aromatic carbocycles. The molecule has 3 heteroatoms. The van der Waals surface area contributed by atoms with Crippen LogP contribution in [-0.2, 0) is 4.84 Å². The Bertz CT molecular complexity index is 61.4. The summed E-state index contributed by atoms with van der Waals surface area (Å²) < 4.78 is 0. The topological polar surface area (TPSA) is 34.0 Å². The molecule has 0 aromatic rings. The van der Waals surface area contributed by atoms with E-state index >= 15 is 0 Å². The average Bonchev–Trinajstić information content (AvgIpc) is 1.88. The van der Waals surface area contributed by atoms with Crippen molar-refractivity contribution in [3.8, 4) is 0 Å². The zero-order valence-corrected chi connectivity index (χ0v) is 5.59. The number of oxime groups is 1. The van der Waals surface area contributed by atoms with Gasteiger partial charge in [0.25, 0.3) is 0 Å². The molecular formula is C5H12N2O. The highest BCUT2D eigenvalue weighted by molar-refractivity contribution is 5.61. The summed E-state index contributed by atoms with van der Waals surface area (Å²) in [5.41, 5.74) is 0. The minimum atomic E-state index is 1.22. The molecule has 0 bridgehead atoms. The Balaban J connectivity index is 0. The maximum Gasteiger partial charge on any atom is 0.153 e. The first-order valence-electron chi connectivity index (χ1n) is 2.42. The molecule has 0 fully saturated rings. The van der Waals surface area contributed by atoms with Crippen molar-refractivity contribution in [1.82, 2.24) is 0 Å². The predicted octanol–water partition coefficient (Wildman–Crippen LogP) is 1.30. The zero-order chi connectivity index (χ0) is 6.83. The molecule has 0 amide bonds. The van der Waals surface area contributed by atoms with E-state index < -0.39 is 0 Å². The van der Waals surface area contributed by atoms with Crippen molar-refractivity contribution in [2.24, 2.45) is 10.1 Å². The van der Waals surface area contributed by atoms with Gasteiger partial charge in [-0.1, -0.05) is 19.0 Å². The molecule has 0 saturated heterocycles. The molecule has 0 radical (unpaired) electrons. The van der Waals surface area contributed by atoms with E-state index in [0.717, 1.165) is 0 Å². The number of hydrogen-bond donors (Lipinski definition) is 0. The Morgan fingerprint density at radius 3 is 2.12 bits per heavy atom. The second-order valence-electron chi connectivity index (χ2n) is 0.586. The van der Waals surface area contributed by atoms with E-state index in [0.29, 0.717) is 0 Å². The molecule has 0 aliphatic rings. The fourth-order valence-corrected chi connectivity index (χ4v) is 0.0805. The van der Waals surface area contributed by atoms with Gasteiger partial charge in [-0.15, -0.1) is 0 Å². The molecule has 0 rings (SSSR count). The molecule has 0 heterocycles. The summed E-state index contributed by atoms with van der Waals surface area (Å²) in [6.07, 6.45) is 1.22. The lowest BCUT2D eigenvalue weighted by Gasteiger charge is -1.75. The molecule has 48 valence electrons. The highest BCUT2D eigenvalue weighted by Crippen LogP contribution is 1.59. The first-order chi connectivity index (χ1) is 3.91. The summed E-state index contributed by atoms with van der Waals surface area (Å²) in [5.74, 6) is 0. The van der Waals surface area contributed by atoms with Crippen LogP contribution in [0.5, 0.6) is 0 Å². The average molecular weight is 116 g/mol. The lowest BCUT2D eigenvalue weighted by molar-refractivity contribution is 0.215. The molecule has 0 aliphatic carbocycles. The highest BCUT2D eigenvalue weighted by Gasteiger charge is 1.52. The molecular weight excluding hydrogens is 104 g/mol. The van der Waals surface area contributed by atoms with Crippen LogP contribution in [0, 0.1) is 0 Å². The van der Waals surface area contributed by atoms with Crippen molar-refractivity contribution in [1.29, 1.82) is 0 Å². The Kier molecular flexibility index (Phi) is 21.0. The van der Waals surface area contributed by atoms with Crippen LogP contribution in [0.15, 0.2) is 10.1 Å². The minimum absolute atomic E-state index is 1.22. The fraction of sp³-hybridized carbons (Fsp3) is 0.600. The van der Waals surface area contributed by atoms with Crippen LogP contribution >= 0.6 is 0 Å². The van der Waals surface area contributed by atoms with Gasteiger partial charge in [0.2, 0.25) is 0 Å². The maximum atomic E-state index is 4.22. The number of aliphatic imine (C=N–C) groups is 1. The summed E-state index contributed by atoms with van der Waals surface area (Å²) in [6.45, 7) is 7.12. The van der Waals surface area contributed by atoms with E-state index in [1.54, 1.807) is 0 Å². The molecule has 0 unspecified atom stereocenters. The van der Waals surface area contributed by atoms with Crippen molar-refractivity contribution >= 4 is 13.1 Å². The van der Waals surface area contributed by atoms with E-state index in [9.17, 15) is 0 Å². The van der Waals surface area contributed by atoms with Crippen LogP contribution in [-0.4, -0.2) is 20.2 Å². The smallest absolute Gasteiger partial charge is 0.153 e. The molecule has 3 nitrogen and oxygen atoms in total. The normalized spacial score (nSPS) is 7.38. The number of nitrogens with zero attached hydrogens (tertiary/aromatic N) is 2. The Morgan fingerprint density at radius 1 is 1.50 bits per heavy atom. The lowest BCUT2D eigenvalue weighted by Crippen LogP contribution is -1.65. The molecule has 0 spiro atoms. The SMILES string of the molecule is C=N/C=N\OC.CC. The maximum absolute atomic E-state index is 4.22. The summed E-state index contributed by atoms with van der Waals surface area (Å²) in [5, 5.41) is 3.24. The molecule has 0 saturated carbocycles. The van der Waals surface area contributed by atoms with Gasteiger partial charge < -0.3 is 4.84 Å². The third-order valence-electron chi connectivity index (χ3n) is 0.234. The van der Waals surface area contributed by atoms with E-state index in [1.165, 1.54) is 13.4 Å². The van der Waals surface area contributed by atoms with Gasteiger partial charge in [-0.25, -0.2) is 4.99 Å². The zero-order valence-electron chi connectivity index (χ0n) is 5.59. The van der Waals surface area contributed by atoms with Crippen LogP contribution in [0.3, 0.4) is 0 Å². The lowest BCUT2D eigenvalue weighted by atomic mass is 11.0. The monoisotopic (exact) mass is 116 g/mol. The third-order valence-corrected chi connectivity index (χ3v) is 0.234.